The van der Waals surface area contributed by atoms with E-state index in [2.05, 4.69) is 72.8 Å². The number of nitrogens with zero attached hydrogens (tertiary/aromatic N) is 2. The molecule has 3 heterocycles. The summed E-state index contributed by atoms with van der Waals surface area (Å²) in [6, 6.07) is 13.1. The van der Waals surface area contributed by atoms with E-state index in [0.29, 0.717) is 6.10 Å². The number of pyridine rings is 1. The SMILES string of the molecule is Cc1cc(C=C2Sc3ccccc3N2C)cc(C)[n+]1C[C@H]1CCCO1. The van der Waals surface area contributed by atoms with Gasteiger partial charge in [-0.25, -0.2) is 0 Å². The van der Waals surface area contributed by atoms with Crippen molar-refractivity contribution in [1.82, 2.24) is 0 Å². The van der Waals surface area contributed by atoms with Crippen LogP contribution in [0.5, 0.6) is 0 Å². The first-order valence-electron chi connectivity index (χ1n) is 8.97. The molecular weight excluding hydrogens is 328 g/mol. The summed E-state index contributed by atoms with van der Waals surface area (Å²) in [5, 5.41) is 1.27. The molecule has 0 bridgehead atoms. The second kappa shape index (κ2) is 6.85. The maximum Gasteiger partial charge on any atom is 0.179 e. The number of fused-ring (bicyclic) bond motifs is 1. The molecule has 1 saturated heterocycles. The molecule has 2 aromatic rings. The number of thioether (sulfide) groups is 1. The molecule has 0 saturated carbocycles. The minimum Gasteiger partial charge on any atom is -0.372 e. The Morgan fingerprint density at radius 2 is 2.00 bits per heavy atom. The van der Waals surface area contributed by atoms with Gasteiger partial charge in [-0.15, -0.1) is 0 Å². The van der Waals surface area contributed by atoms with Gasteiger partial charge in [0, 0.05) is 44.5 Å². The van der Waals surface area contributed by atoms with Crippen LogP contribution in [0.15, 0.2) is 46.3 Å². The van der Waals surface area contributed by atoms with E-state index in [-0.39, 0.29) is 0 Å². The Morgan fingerprint density at radius 1 is 1.24 bits per heavy atom. The van der Waals surface area contributed by atoms with Crippen molar-refractivity contribution in [2.24, 2.45) is 0 Å². The van der Waals surface area contributed by atoms with Crippen LogP contribution in [-0.2, 0) is 11.3 Å². The van der Waals surface area contributed by atoms with E-state index in [4.69, 9.17) is 4.74 Å². The Morgan fingerprint density at radius 3 is 2.68 bits per heavy atom. The van der Waals surface area contributed by atoms with Gasteiger partial charge in [-0.05, 0) is 36.6 Å². The molecule has 0 unspecified atom stereocenters. The van der Waals surface area contributed by atoms with E-state index < -0.39 is 0 Å². The van der Waals surface area contributed by atoms with E-state index in [1.165, 1.54) is 45.4 Å². The molecular formula is C21H25N2OS+. The topological polar surface area (TPSA) is 16.4 Å². The summed E-state index contributed by atoms with van der Waals surface area (Å²) < 4.78 is 8.20. The van der Waals surface area contributed by atoms with Crippen LogP contribution in [0.4, 0.5) is 5.69 Å². The maximum atomic E-state index is 5.81. The Hall–Kier alpha value is -1.78. The lowest BCUT2D eigenvalue weighted by atomic mass is 10.1. The molecule has 0 radical (unpaired) electrons. The van der Waals surface area contributed by atoms with Crippen molar-refractivity contribution in [3.05, 3.63) is 58.4 Å². The average Bonchev–Trinajstić information content (AvgIpc) is 3.20. The lowest BCUT2D eigenvalue weighted by molar-refractivity contribution is -0.714. The molecule has 0 aliphatic carbocycles. The number of para-hydroxylation sites is 1. The van der Waals surface area contributed by atoms with Gasteiger partial charge in [-0.3, -0.25) is 0 Å². The lowest BCUT2D eigenvalue weighted by Crippen LogP contribution is -2.45. The van der Waals surface area contributed by atoms with Crippen molar-refractivity contribution in [2.75, 3.05) is 18.6 Å². The van der Waals surface area contributed by atoms with Gasteiger partial charge in [0.15, 0.2) is 17.9 Å². The largest absolute Gasteiger partial charge is 0.372 e. The second-order valence-corrected chi connectivity index (χ2v) is 7.99. The van der Waals surface area contributed by atoms with Crippen LogP contribution >= 0.6 is 11.8 Å². The van der Waals surface area contributed by atoms with Crippen LogP contribution in [-0.4, -0.2) is 19.8 Å². The maximum absolute atomic E-state index is 5.81. The molecule has 0 amide bonds. The summed E-state index contributed by atoms with van der Waals surface area (Å²) in [6.07, 6.45) is 5.04. The number of benzene rings is 1. The van der Waals surface area contributed by atoms with E-state index in [1.807, 2.05) is 11.8 Å². The summed E-state index contributed by atoms with van der Waals surface area (Å²) in [7, 11) is 2.14. The number of rotatable bonds is 3. The summed E-state index contributed by atoms with van der Waals surface area (Å²) >= 11 is 1.84. The Bertz CT molecular complexity index is 801. The number of aromatic nitrogens is 1. The summed E-state index contributed by atoms with van der Waals surface area (Å²) in [5.74, 6) is 0. The smallest absolute Gasteiger partial charge is 0.179 e. The van der Waals surface area contributed by atoms with E-state index in [9.17, 15) is 0 Å². The van der Waals surface area contributed by atoms with Crippen molar-refractivity contribution in [3.8, 4) is 0 Å². The predicted molar refractivity (Wildman–Crippen MR) is 104 cm³/mol. The highest BCUT2D eigenvalue weighted by molar-refractivity contribution is 8.03. The predicted octanol–water partition coefficient (Wildman–Crippen LogP) is 4.31. The van der Waals surface area contributed by atoms with Gasteiger partial charge < -0.3 is 9.64 Å². The molecule has 25 heavy (non-hydrogen) atoms. The van der Waals surface area contributed by atoms with Crippen molar-refractivity contribution in [2.45, 2.75) is 44.2 Å². The Labute approximate surface area is 154 Å². The van der Waals surface area contributed by atoms with Crippen molar-refractivity contribution in [3.63, 3.8) is 0 Å². The Balaban J connectivity index is 1.59. The standard InChI is InChI=1S/C21H25N2OS/c1-15-11-17(12-16(2)23(15)14-18-7-6-10-24-18)13-21-22(3)19-8-4-5-9-20(19)25-21/h4-5,8-9,11-13,18H,6-7,10,14H2,1-3H3/q+1/t18-/m1/s1. The first-order valence-corrected chi connectivity index (χ1v) is 9.78. The van der Waals surface area contributed by atoms with Gasteiger partial charge in [0.1, 0.15) is 6.10 Å². The van der Waals surface area contributed by atoms with Gasteiger partial charge in [0.2, 0.25) is 0 Å². The molecule has 1 aromatic heterocycles. The van der Waals surface area contributed by atoms with Crippen LogP contribution in [0.25, 0.3) is 6.08 Å². The van der Waals surface area contributed by atoms with Crippen molar-refractivity contribution < 1.29 is 9.30 Å². The third-order valence-electron chi connectivity index (χ3n) is 5.07. The number of hydrogen-bond donors (Lipinski definition) is 0. The van der Waals surface area contributed by atoms with E-state index in [0.717, 1.165) is 13.2 Å². The van der Waals surface area contributed by atoms with Gasteiger partial charge in [-0.2, -0.15) is 4.57 Å². The molecule has 3 nitrogen and oxygen atoms in total. The fourth-order valence-electron chi connectivity index (χ4n) is 3.71. The van der Waals surface area contributed by atoms with Crippen molar-refractivity contribution in [1.29, 1.82) is 0 Å². The van der Waals surface area contributed by atoms with Crippen molar-refractivity contribution >= 4 is 23.5 Å². The van der Waals surface area contributed by atoms with Crippen LogP contribution in [0.1, 0.15) is 29.8 Å². The molecule has 2 aliphatic heterocycles. The molecule has 4 heteroatoms. The third kappa shape index (κ3) is 3.33. The zero-order chi connectivity index (χ0) is 17.4. The monoisotopic (exact) mass is 353 g/mol. The van der Waals surface area contributed by atoms with Gasteiger partial charge in [0.25, 0.3) is 0 Å². The molecule has 1 atom stereocenters. The average molecular weight is 354 g/mol. The molecule has 1 fully saturated rings. The highest BCUT2D eigenvalue weighted by atomic mass is 32.2. The first-order chi connectivity index (χ1) is 12.1. The Kier molecular flexibility index (Phi) is 4.57. The van der Waals surface area contributed by atoms with E-state index in [1.54, 1.807) is 0 Å². The van der Waals surface area contributed by atoms with Crippen LogP contribution in [0.2, 0.25) is 0 Å². The normalized spacial score (nSPS) is 21.2. The zero-order valence-corrected chi connectivity index (χ0v) is 16.0. The number of anilines is 1. The lowest BCUT2D eigenvalue weighted by Gasteiger charge is -2.14. The van der Waals surface area contributed by atoms with Gasteiger partial charge >= 0.3 is 0 Å². The van der Waals surface area contributed by atoms with Crippen LogP contribution in [0, 0.1) is 13.8 Å². The van der Waals surface area contributed by atoms with Gasteiger partial charge in [0.05, 0.1) is 10.7 Å². The summed E-state index contributed by atoms with van der Waals surface area (Å²) in [5.41, 5.74) is 5.15. The molecule has 4 rings (SSSR count). The zero-order valence-electron chi connectivity index (χ0n) is 15.2. The summed E-state index contributed by atoms with van der Waals surface area (Å²) in [4.78, 5) is 3.60. The number of ether oxygens (including phenoxy) is 1. The molecule has 0 spiro atoms. The highest BCUT2D eigenvalue weighted by Crippen LogP contribution is 2.45. The first kappa shape index (κ1) is 16.7. The fraction of sp³-hybridized carbons (Fsp3) is 0.381. The second-order valence-electron chi connectivity index (χ2n) is 6.93. The van der Waals surface area contributed by atoms with Crippen LogP contribution in [0.3, 0.4) is 0 Å². The highest BCUT2D eigenvalue weighted by Gasteiger charge is 2.24. The third-order valence-corrected chi connectivity index (χ3v) is 6.24. The number of hydrogen-bond acceptors (Lipinski definition) is 3. The molecule has 130 valence electrons. The molecule has 2 aliphatic rings. The van der Waals surface area contributed by atoms with Gasteiger partial charge in [-0.1, -0.05) is 23.9 Å². The minimum atomic E-state index is 0.373. The quantitative estimate of drug-likeness (QED) is 0.765. The van der Waals surface area contributed by atoms with Crippen LogP contribution < -0.4 is 9.47 Å². The molecule has 1 aromatic carbocycles. The molecule has 0 N–H and O–H groups in total. The fourth-order valence-corrected chi connectivity index (χ4v) is 4.82. The summed E-state index contributed by atoms with van der Waals surface area (Å²) in [6.45, 7) is 6.28. The minimum absolute atomic E-state index is 0.373. The van der Waals surface area contributed by atoms with E-state index >= 15 is 0 Å². The number of aryl methyl sites for hydroxylation is 2.